The van der Waals surface area contributed by atoms with E-state index in [4.69, 9.17) is 4.84 Å². The Hall–Kier alpha value is -1.31. The number of hydrogen-bond acceptors (Lipinski definition) is 2. The van der Waals surface area contributed by atoms with Gasteiger partial charge in [0.2, 0.25) is 0 Å². The lowest BCUT2D eigenvalue weighted by Crippen LogP contribution is -2.11. The molecule has 16 heavy (non-hydrogen) atoms. The third kappa shape index (κ3) is 3.09. The van der Waals surface area contributed by atoms with Crippen LogP contribution in [0.5, 0.6) is 0 Å². The lowest BCUT2D eigenvalue weighted by Gasteiger charge is -2.19. The van der Waals surface area contributed by atoms with Crippen molar-refractivity contribution in [1.82, 2.24) is 0 Å². The Morgan fingerprint density at radius 3 is 2.88 bits per heavy atom. The summed E-state index contributed by atoms with van der Waals surface area (Å²) in [6, 6.07) is 8.48. The van der Waals surface area contributed by atoms with Crippen LogP contribution in [0.25, 0.3) is 0 Å². The fraction of sp³-hybridized carbons (Fsp3) is 0.500. The lowest BCUT2D eigenvalue weighted by atomic mass is 9.87. The van der Waals surface area contributed by atoms with Gasteiger partial charge in [-0.15, -0.1) is 0 Å². The van der Waals surface area contributed by atoms with E-state index in [2.05, 4.69) is 36.3 Å². The maximum atomic E-state index is 5.30. The number of rotatable bonds is 5. The summed E-state index contributed by atoms with van der Waals surface area (Å²) in [4.78, 5) is 5.30. The first kappa shape index (κ1) is 11.2. The van der Waals surface area contributed by atoms with Crippen molar-refractivity contribution in [2.75, 3.05) is 0 Å². The largest absolute Gasteiger partial charge is 0.391 e. The first-order chi connectivity index (χ1) is 7.88. The standard InChI is InChI=1S/C14H19NO/c1-2-12-5-3-8-14(9-12)11-16-15-10-13-6-4-7-13/h3,5,8-10,13H,2,4,6-7,11H2,1H3. The molecule has 2 rings (SSSR count). The highest BCUT2D eigenvalue weighted by molar-refractivity contribution is 5.60. The van der Waals surface area contributed by atoms with E-state index < -0.39 is 0 Å². The zero-order valence-electron chi connectivity index (χ0n) is 9.86. The fourth-order valence-electron chi connectivity index (χ4n) is 1.77. The van der Waals surface area contributed by atoms with Gasteiger partial charge in [0.05, 0.1) is 0 Å². The molecule has 0 radical (unpaired) electrons. The minimum Gasteiger partial charge on any atom is -0.391 e. The maximum absolute atomic E-state index is 5.30. The van der Waals surface area contributed by atoms with Crippen LogP contribution >= 0.6 is 0 Å². The van der Waals surface area contributed by atoms with E-state index in [1.165, 1.54) is 30.4 Å². The fourth-order valence-corrected chi connectivity index (χ4v) is 1.77. The molecule has 0 aliphatic heterocycles. The summed E-state index contributed by atoms with van der Waals surface area (Å²) in [6.45, 7) is 2.74. The average molecular weight is 217 g/mol. The van der Waals surface area contributed by atoms with E-state index in [1.54, 1.807) is 0 Å². The van der Waals surface area contributed by atoms with Crippen LogP contribution in [0.3, 0.4) is 0 Å². The predicted octanol–water partition coefficient (Wildman–Crippen LogP) is 3.55. The van der Waals surface area contributed by atoms with E-state index in [0.717, 1.165) is 6.42 Å². The van der Waals surface area contributed by atoms with Crippen LogP contribution in [0.15, 0.2) is 29.4 Å². The Kier molecular flexibility index (Phi) is 3.97. The number of aryl methyl sites for hydroxylation is 1. The van der Waals surface area contributed by atoms with Crippen molar-refractivity contribution in [3.8, 4) is 0 Å². The summed E-state index contributed by atoms with van der Waals surface area (Å²) in [7, 11) is 0. The Balaban J connectivity index is 1.77. The second-order valence-electron chi connectivity index (χ2n) is 4.39. The van der Waals surface area contributed by atoms with Crippen LogP contribution < -0.4 is 0 Å². The second kappa shape index (κ2) is 5.69. The highest BCUT2D eigenvalue weighted by Crippen LogP contribution is 2.24. The van der Waals surface area contributed by atoms with Crippen LogP contribution in [-0.2, 0) is 17.9 Å². The summed E-state index contributed by atoms with van der Waals surface area (Å²) < 4.78 is 0. The zero-order chi connectivity index (χ0) is 11.2. The molecular formula is C14H19NO. The molecular weight excluding hydrogens is 198 g/mol. The van der Waals surface area contributed by atoms with Crippen LogP contribution in [0, 0.1) is 5.92 Å². The van der Waals surface area contributed by atoms with Crippen molar-refractivity contribution in [3.05, 3.63) is 35.4 Å². The minimum atomic E-state index is 0.580. The molecule has 0 saturated heterocycles. The summed E-state index contributed by atoms with van der Waals surface area (Å²) in [5.74, 6) is 0.668. The molecule has 0 atom stereocenters. The number of nitrogens with zero attached hydrogens (tertiary/aromatic N) is 1. The van der Waals surface area contributed by atoms with Gasteiger partial charge in [-0.1, -0.05) is 42.8 Å². The summed E-state index contributed by atoms with van der Waals surface area (Å²) >= 11 is 0. The first-order valence-electron chi connectivity index (χ1n) is 6.11. The van der Waals surface area contributed by atoms with Gasteiger partial charge in [-0.05, 0) is 36.3 Å². The molecule has 1 fully saturated rings. The highest BCUT2D eigenvalue weighted by Gasteiger charge is 2.14. The third-order valence-electron chi connectivity index (χ3n) is 3.13. The van der Waals surface area contributed by atoms with E-state index in [1.807, 2.05) is 6.21 Å². The van der Waals surface area contributed by atoms with Gasteiger partial charge in [0.1, 0.15) is 6.61 Å². The summed E-state index contributed by atoms with van der Waals surface area (Å²) in [5.41, 5.74) is 2.55. The van der Waals surface area contributed by atoms with E-state index in [-0.39, 0.29) is 0 Å². The Morgan fingerprint density at radius 2 is 2.19 bits per heavy atom. The van der Waals surface area contributed by atoms with Crippen molar-refractivity contribution in [2.45, 2.75) is 39.2 Å². The molecule has 0 amide bonds. The molecule has 1 aromatic rings. The number of oxime groups is 1. The zero-order valence-corrected chi connectivity index (χ0v) is 9.86. The monoisotopic (exact) mass is 217 g/mol. The Morgan fingerprint density at radius 1 is 1.38 bits per heavy atom. The molecule has 0 spiro atoms. The third-order valence-corrected chi connectivity index (χ3v) is 3.13. The predicted molar refractivity (Wildman–Crippen MR) is 66.4 cm³/mol. The minimum absolute atomic E-state index is 0.580. The average Bonchev–Trinajstić information content (AvgIpc) is 2.27. The molecule has 1 aliphatic carbocycles. The normalized spacial score (nSPS) is 16.3. The molecule has 86 valence electrons. The molecule has 1 saturated carbocycles. The summed E-state index contributed by atoms with van der Waals surface area (Å²) in [6.07, 6.45) is 6.91. The van der Waals surface area contributed by atoms with Gasteiger partial charge in [-0.2, -0.15) is 0 Å². The van der Waals surface area contributed by atoms with Crippen molar-refractivity contribution >= 4 is 6.21 Å². The SMILES string of the molecule is CCc1cccc(CON=CC2CCC2)c1. The van der Waals surface area contributed by atoms with E-state index in [9.17, 15) is 0 Å². The lowest BCUT2D eigenvalue weighted by molar-refractivity contribution is 0.129. The van der Waals surface area contributed by atoms with Crippen LogP contribution in [0.2, 0.25) is 0 Å². The van der Waals surface area contributed by atoms with E-state index >= 15 is 0 Å². The molecule has 1 aromatic carbocycles. The smallest absolute Gasteiger partial charge is 0.142 e. The van der Waals surface area contributed by atoms with Crippen molar-refractivity contribution in [3.63, 3.8) is 0 Å². The van der Waals surface area contributed by atoms with Gasteiger partial charge < -0.3 is 4.84 Å². The maximum Gasteiger partial charge on any atom is 0.142 e. The number of hydrogen-bond donors (Lipinski definition) is 0. The Bertz CT molecular complexity index is 356. The molecule has 0 unspecified atom stereocenters. The van der Waals surface area contributed by atoms with Gasteiger partial charge in [0, 0.05) is 6.21 Å². The first-order valence-corrected chi connectivity index (χ1v) is 6.11. The van der Waals surface area contributed by atoms with E-state index in [0.29, 0.717) is 12.5 Å². The topological polar surface area (TPSA) is 21.6 Å². The van der Waals surface area contributed by atoms with Crippen molar-refractivity contribution < 1.29 is 4.84 Å². The van der Waals surface area contributed by atoms with Gasteiger partial charge in [-0.25, -0.2) is 0 Å². The molecule has 2 nitrogen and oxygen atoms in total. The van der Waals surface area contributed by atoms with Gasteiger partial charge >= 0.3 is 0 Å². The second-order valence-corrected chi connectivity index (χ2v) is 4.39. The molecule has 1 aliphatic rings. The molecule has 0 heterocycles. The highest BCUT2D eigenvalue weighted by atomic mass is 16.6. The van der Waals surface area contributed by atoms with Crippen LogP contribution in [-0.4, -0.2) is 6.21 Å². The molecule has 0 bridgehead atoms. The summed E-state index contributed by atoms with van der Waals surface area (Å²) in [5, 5.41) is 4.02. The molecule has 0 aromatic heterocycles. The van der Waals surface area contributed by atoms with Gasteiger partial charge in [0.15, 0.2) is 0 Å². The molecule has 0 N–H and O–H groups in total. The van der Waals surface area contributed by atoms with Crippen LogP contribution in [0.4, 0.5) is 0 Å². The van der Waals surface area contributed by atoms with Crippen LogP contribution in [0.1, 0.15) is 37.3 Å². The van der Waals surface area contributed by atoms with Gasteiger partial charge in [-0.3, -0.25) is 0 Å². The van der Waals surface area contributed by atoms with Gasteiger partial charge in [0.25, 0.3) is 0 Å². The van der Waals surface area contributed by atoms with Crippen molar-refractivity contribution in [2.24, 2.45) is 11.1 Å². The quantitative estimate of drug-likeness (QED) is 0.546. The van der Waals surface area contributed by atoms with Crippen molar-refractivity contribution in [1.29, 1.82) is 0 Å². The number of benzene rings is 1. The Labute approximate surface area is 97.3 Å². The molecule has 2 heteroatoms.